The molecule has 6 N–H and O–H groups in total. The third kappa shape index (κ3) is 8.95. The van der Waals surface area contributed by atoms with E-state index in [9.17, 15) is 24.5 Å². The number of aliphatic hydroxyl groups excluding tert-OH is 1. The van der Waals surface area contributed by atoms with Crippen molar-refractivity contribution in [1.82, 2.24) is 10.2 Å². The number of phenolic OH excluding ortho intramolecular Hbond substituents is 2. The summed E-state index contributed by atoms with van der Waals surface area (Å²) in [6.45, 7) is 2.22. The Kier molecular flexibility index (Phi) is 12.5. The van der Waals surface area contributed by atoms with Gasteiger partial charge in [0, 0.05) is 29.6 Å². The predicted molar refractivity (Wildman–Crippen MR) is 190 cm³/mol. The van der Waals surface area contributed by atoms with Gasteiger partial charge in [-0.25, -0.2) is 4.39 Å². The van der Waals surface area contributed by atoms with E-state index >= 15 is 0 Å². The van der Waals surface area contributed by atoms with Crippen molar-refractivity contribution in [1.29, 1.82) is 0 Å². The Labute approximate surface area is 296 Å². The fourth-order valence-electron chi connectivity index (χ4n) is 6.73. The van der Waals surface area contributed by atoms with Crippen molar-refractivity contribution in [3.63, 3.8) is 0 Å². The van der Waals surface area contributed by atoms with E-state index in [4.69, 9.17) is 19.4 Å². The van der Waals surface area contributed by atoms with Crippen LogP contribution in [-0.4, -0.2) is 77.6 Å². The first-order valence-electron chi connectivity index (χ1n) is 16.9. The van der Waals surface area contributed by atoms with E-state index in [1.165, 1.54) is 17.7 Å². The number of ether oxygens (including phenoxy) is 2. The molecule has 4 aromatic carbocycles. The zero-order valence-electron chi connectivity index (χ0n) is 28.5. The Bertz CT molecular complexity index is 1800. The number of hydrogen-bond acceptors (Lipinski definition) is 9. The van der Waals surface area contributed by atoms with Gasteiger partial charge in [-0.05, 0) is 92.8 Å². The third-order valence-corrected chi connectivity index (χ3v) is 9.41. The largest absolute Gasteiger partial charge is 0.508 e. The summed E-state index contributed by atoms with van der Waals surface area (Å²) in [5.74, 6) is -0.272. The zero-order chi connectivity index (χ0) is 36.4. The minimum absolute atomic E-state index is 0.136. The summed E-state index contributed by atoms with van der Waals surface area (Å²) < 4.78 is 26.2. The summed E-state index contributed by atoms with van der Waals surface area (Å²) in [5, 5.41) is 44.4. The quantitative estimate of drug-likeness (QED) is 0.0665. The van der Waals surface area contributed by atoms with Crippen LogP contribution in [-0.2, 0) is 28.0 Å². The number of carbonyl (C=O) groups excluding carboxylic acids is 1. The molecule has 270 valence electrons. The summed E-state index contributed by atoms with van der Waals surface area (Å²) in [5.41, 5.74) is 4.28. The summed E-state index contributed by atoms with van der Waals surface area (Å²) >= 11 is 0. The van der Waals surface area contributed by atoms with Crippen LogP contribution in [0.15, 0.2) is 78.9 Å². The molecule has 51 heavy (non-hydrogen) atoms. The maximum Gasteiger partial charge on any atom is 0.290 e. The summed E-state index contributed by atoms with van der Waals surface area (Å²) in [6.07, 6.45) is 2.27. The minimum Gasteiger partial charge on any atom is -0.508 e. The maximum absolute atomic E-state index is 14.9. The van der Waals surface area contributed by atoms with E-state index in [1.54, 1.807) is 24.3 Å². The lowest BCUT2D eigenvalue weighted by molar-refractivity contribution is -0.123. The van der Waals surface area contributed by atoms with Gasteiger partial charge in [0.1, 0.15) is 17.2 Å². The topological polar surface area (TPSA) is 161 Å². The van der Waals surface area contributed by atoms with Crippen LogP contribution in [0, 0.1) is 5.82 Å². The van der Waals surface area contributed by atoms with Gasteiger partial charge in [-0.1, -0.05) is 48.5 Å². The predicted octanol–water partition coefficient (Wildman–Crippen LogP) is 5.12. The SMILES string of the molecule is CN1CCC(c2ccccc2)(c2cc(CCCOc3ccc(CNC[C@H](O)c4ccc(O)c5c4OCC(=O)N5)cc3F)ccc2O)CC1.O=CO. The first-order valence-corrected chi connectivity index (χ1v) is 16.9. The fourth-order valence-corrected chi connectivity index (χ4v) is 6.73. The molecule has 1 fully saturated rings. The number of anilines is 1. The number of benzene rings is 4. The molecule has 0 aliphatic carbocycles. The third-order valence-electron chi connectivity index (χ3n) is 9.41. The molecule has 0 aromatic heterocycles. The molecule has 0 radical (unpaired) electrons. The number of nitrogens with zero attached hydrogens (tertiary/aromatic N) is 1. The Morgan fingerprint density at radius 1 is 1.02 bits per heavy atom. The Hall–Kier alpha value is -5.17. The number of piperidine rings is 1. The van der Waals surface area contributed by atoms with Crippen molar-refractivity contribution in [2.45, 2.75) is 43.7 Å². The summed E-state index contributed by atoms with van der Waals surface area (Å²) in [4.78, 5) is 22.3. The number of fused-ring (bicyclic) bond motifs is 1. The van der Waals surface area contributed by atoms with E-state index in [-0.39, 0.29) is 53.9 Å². The normalized spacial score (nSPS) is 15.7. The summed E-state index contributed by atoms with van der Waals surface area (Å²) in [6, 6.07) is 24.1. The molecule has 0 spiro atoms. The first-order chi connectivity index (χ1) is 24.6. The highest BCUT2D eigenvalue weighted by molar-refractivity contribution is 5.97. The zero-order valence-corrected chi connectivity index (χ0v) is 28.5. The number of halogens is 1. The molecule has 4 aromatic rings. The second kappa shape index (κ2) is 17.2. The van der Waals surface area contributed by atoms with Gasteiger partial charge >= 0.3 is 0 Å². The number of carboxylic acid groups (broad SMARTS) is 1. The molecule has 2 heterocycles. The molecule has 2 aliphatic heterocycles. The monoisotopic (exact) mass is 701 g/mol. The molecule has 6 rings (SSSR count). The van der Waals surface area contributed by atoms with E-state index in [2.05, 4.69) is 52.9 Å². The number of likely N-dealkylation sites (tertiary alicyclic amines) is 1. The van der Waals surface area contributed by atoms with E-state index in [0.29, 0.717) is 36.4 Å². The van der Waals surface area contributed by atoms with Crippen LogP contribution in [0.25, 0.3) is 0 Å². The highest BCUT2D eigenvalue weighted by Crippen LogP contribution is 2.45. The number of aromatic hydroxyl groups is 2. The first kappa shape index (κ1) is 37.1. The maximum atomic E-state index is 14.9. The molecule has 1 saturated heterocycles. The Morgan fingerprint density at radius 3 is 2.45 bits per heavy atom. The number of aryl methyl sites for hydroxylation is 1. The lowest BCUT2D eigenvalue weighted by Crippen LogP contribution is -2.41. The van der Waals surface area contributed by atoms with Gasteiger partial charge in [0.2, 0.25) is 0 Å². The standard InChI is InChI=1S/C38H42FN3O6.CH2O2/c1-42-17-15-38(16-18-42,27-7-3-2-4-8-27)29-20-25(9-12-31(29)43)6-5-19-47-34-14-10-26(21-30(34)39)22-40-23-33(45)28-11-13-32(44)36-37(28)48-24-35(46)41-36;2-1-3/h2-4,7-14,20-21,33,40,43-45H,5-6,15-19,22-24H2,1H3,(H,41,46);1H,(H,2,3)/t33-;/m0./s1. The molecular formula is C39H44FN3O8. The van der Waals surface area contributed by atoms with Gasteiger partial charge in [0.05, 0.1) is 12.7 Å². The number of carbonyl (C=O) groups is 2. The molecule has 1 atom stereocenters. The van der Waals surface area contributed by atoms with Crippen molar-refractivity contribution < 1.29 is 43.9 Å². The van der Waals surface area contributed by atoms with Crippen molar-refractivity contribution >= 4 is 18.1 Å². The second-order valence-electron chi connectivity index (χ2n) is 12.8. The van der Waals surface area contributed by atoms with Gasteiger partial charge in [0.15, 0.2) is 23.9 Å². The van der Waals surface area contributed by atoms with Crippen LogP contribution in [0.4, 0.5) is 10.1 Å². The molecule has 12 heteroatoms. The van der Waals surface area contributed by atoms with Gasteiger partial charge in [-0.2, -0.15) is 0 Å². The Balaban J connectivity index is 0.00000162. The fraction of sp³-hybridized carbons (Fsp3) is 0.333. The molecule has 0 saturated carbocycles. The smallest absolute Gasteiger partial charge is 0.290 e. The van der Waals surface area contributed by atoms with Crippen LogP contribution in [0.3, 0.4) is 0 Å². The van der Waals surface area contributed by atoms with Gasteiger partial charge in [0.25, 0.3) is 12.4 Å². The molecule has 1 amide bonds. The lowest BCUT2D eigenvalue weighted by Gasteiger charge is -2.42. The van der Waals surface area contributed by atoms with Crippen LogP contribution in [0.5, 0.6) is 23.0 Å². The van der Waals surface area contributed by atoms with E-state index < -0.39 is 11.9 Å². The molecular weight excluding hydrogens is 657 g/mol. The molecule has 0 bridgehead atoms. The van der Waals surface area contributed by atoms with E-state index in [0.717, 1.165) is 43.5 Å². The van der Waals surface area contributed by atoms with Gasteiger partial charge in [-0.3, -0.25) is 9.59 Å². The highest BCUT2D eigenvalue weighted by atomic mass is 19.1. The van der Waals surface area contributed by atoms with Gasteiger partial charge in [-0.15, -0.1) is 0 Å². The number of amides is 1. The number of nitrogens with one attached hydrogen (secondary N) is 2. The van der Waals surface area contributed by atoms with Crippen LogP contribution < -0.4 is 20.1 Å². The van der Waals surface area contributed by atoms with Crippen LogP contribution in [0.1, 0.15) is 53.2 Å². The minimum atomic E-state index is -0.986. The van der Waals surface area contributed by atoms with Crippen LogP contribution >= 0.6 is 0 Å². The molecule has 2 aliphatic rings. The van der Waals surface area contributed by atoms with Crippen molar-refractivity contribution in [3.05, 3.63) is 112 Å². The highest BCUT2D eigenvalue weighted by Gasteiger charge is 2.39. The lowest BCUT2D eigenvalue weighted by atomic mass is 9.67. The Morgan fingerprint density at radius 2 is 1.73 bits per heavy atom. The molecule has 0 unspecified atom stereocenters. The number of phenols is 2. The van der Waals surface area contributed by atoms with Crippen molar-refractivity contribution in [3.8, 4) is 23.0 Å². The number of hydrogen-bond donors (Lipinski definition) is 6. The van der Waals surface area contributed by atoms with Crippen LogP contribution in [0.2, 0.25) is 0 Å². The molecule has 11 nitrogen and oxygen atoms in total. The van der Waals surface area contributed by atoms with E-state index in [1.807, 2.05) is 12.1 Å². The van der Waals surface area contributed by atoms with Crippen molar-refractivity contribution in [2.75, 3.05) is 45.2 Å². The average molecular weight is 702 g/mol. The van der Waals surface area contributed by atoms with Gasteiger partial charge < -0.3 is 45.4 Å². The average Bonchev–Trinajstić information content (AvgIpc) is 3.13. The number of rotatable bonds is 12. The second-order valence-corrected chi connectivity index (χ2v) is 12.8. The number of aliphatic hydroxyl groups is 1. The van der Waals surface area contributed by atoms with Crippen molar-refractivity contribution in [2.24, 2.45) is 0 Å². The summed E-state index contributed by atoms with van der Waals surface area (Å²) in [7, 11) is 2.14.